The third-order valence-electron chi connectivity index (χ3n) is 5.02. The fourth-order valence-electron chi connectivity index (χ4n) is 3.40. The largest absolute Gasteiger partial charge is 0.497 e. The zero-order valence-corrected chi connectivity index (χ0v) is 16.9. The lowest BCUT2D eigenvalue weighted by Crippen LogP contribution is -2.48. The minimum atomic E-state index is 0.0894. The first-order valence-electron chi connectivity index (χ1n) is 9.37. The highest BCUT2D eigenvalue weighted by Crippen LogP contribution is 2.29. The van der Waals surface area contributed by atoms with Crippen molar-refractivity contribution in [3.05, 3.63) is 65.2 Å². The first-order chi connectivity index (χ1) is 13.7. The van der Waals surface area contributed by atoms with Gasteiger partial charge in [0.15, 0.2) is 0 Å². The van der Waals surface area contributed by atoms with E-state index in [1.807, 2.05) is 54.3 Å². The number of nitrogens with zero attached hydrogens (tertiary/aromatic N) is 3. The van der Waals surface area contributed by atoms with Gasteiger partial charge in [0, 0.05) is 37.4 Å². The van der Waals surface area contributed by atoms with E-state index in [1.54, 1.807) is 7.11 Å². The monoisotopic (exact) mass is 393 g/mol. The molecule has 3 aromatic rings. The van der Waals surface area contributed by atoms with Crippen LogP contribution in [0.15, 0.2) is 54.6 Å². The number of carbonyl (C=O) groups excluding carboxylic acids is 1. The second-order valence-corrected chi connectivity index (χ2v) is 7.78. The first-order valence-corrected chi connectivity index (χ1v) is 10.2. The molecule has 0 N–H and O–H groups in total. The normalized spacial score (nSPS) is 14.2. The number of rotatable bonds is 4. The summed E-state index contributed by atoms with van der Waals surface area (Å²) in [4.78, 5) is 22.7. The molecular weight excluding hydrogens is 370 g/mol. The molecule has 1 aliphatic rings. The number of aryl methyl sites for hydroxylation is 1. The van der Waals surface area contributed by atoms with E-state index in [0.717, 1.165) is 45.7 Å². The SMILES string of the molecule is COc1ccc(N2CCN(C(=O)c3sc(-c4ccccc4)nc3C)CC2)cc1. The Hall–Kier alpha value is -2.86. The van der Waals surface area contributed by atoms with Crippen molar-refractivity contribution in [1.82, 2.24) is 9.88 Å². The van der Waals surface area contributed by atoms with Gasteiger partial charge in [-0.15, -0.1) is 11.3 Å². The van der Waals surface area contributed by atoms with Gasteiger partial charge in [0.25, 0.3) is 5.91 Å². The second kappa shape index (κ2) is 8.02. The number of hydrogen-bond donors (Lipinski definition) is 0. The van der Waals surface area contributed by atoms with E-state index in [2.05, 4.69) is 22.0 Å². The lowest BCUT2D eigenvalue weighted by molar-refractivity contribution is 0.0750. The van der Waals surface area contributed by atoms with E-state index in [9.17, 15) is 4.79 Å². The number of thiazole rings is 1. The smallest absolute Gasteiger partial charge is 0.265 e. The summed E-state index contributed by atoms with van der Waals surface area (Å²) in [5.74, 6) is 0.944. The minimum absolute atomic E-state index is 0.0894. The van der Waals surface area contributed by atoms with E-state index >= 15 is 0 Å². The first kappa shape index (κ1) is 18.5. The fraction of sp³-hybridized carbons (Fsp3) is 0.273. The Morgan fingerprint density at radius 2 is 1.68 bits per heavy atom. The molecule has 2 heterocycles. The second-order valence-electron chi connectivity index (χ2n) is 6.78. The summed E-state index contributed by atoms with van der Waals surface area (Å²) in [5.41, 5.74) is 3.03. The van der Waals surface area contributed by atoms with E-state index in [-0.39, 0.29) is 5.91 Å². The van der Waals surface area contributed by atoms with E-state index < -0.39 is 0 Å². The third-order valence-corrected chi connectivity index (χ3v) is 6.21. The highest BCUT2D eigenvalue weighted by atomic mass is 32.1. The molecule has 0 atom stereocenters. The molecule has 1 saturated heterocycles. The van der Waals surface area contributed by atoms with Gasteiger partial charge in [-0.05, 0) is 31.2 Å². The molecule has 0 spiro atoms. The van der Waals surface area contributed by atoms with Crippen LogP contribution in [0.25, 0.3) is 10.6 Å². The van der Waals surface area contributed by atoms with Crippen molar-refractivity contribution in [1.29, 1.82) is 0 Å². The molecule has 4 rings (SSSR count). The number of aromatic nitrogens is 1. The standard InChI is InChI=1S/C22H23N3O2S/c1-16-20(28-21(23-16)17-6-4-3-5-7-17)22(26)25-14-12-24(13-15-25)18-8-10-19(27-2)11-9-18/h3-11H,12-15H2,1-2H3. The van der Waals surface area contributed by atoms with Crippen molar-refractivity contribution >= 4 is 22.9 Å². The van der Waals surface area contributed by atoms with Crippen molar-refractivity contribution in [2.45, 2.75) is 6.92 Å². The van der Waals surface area contributed by atoms with Crippen molar-refractivity contribution in [2.24, 2.45) is 0 Å². The highest BCUT2D eigenvalue weighted by molar-refractivity contribution is 7.17. The van der Waals surface area contributed by atoms with Gasteiger partial charge in [0.2, 0.25) is 0 Å². The van der Waals surface area contributed by atoms with Crippen LogP contribution in [-0.4, -0.2) is 49.1 Å². The Balaban J connectivity index is 1.43. The zero-order chi connectivity index (χ0) is 19.5. The van der Waals surface area contributed by atoms with Crippen LogP contribution in [0, 0.1) is 6.92 Å². The van der Waals surface area contributed by atoms with Crippen LogP contribution in [0.2, 0.25) is 0 Å². The molecular formula is C22H23N3O2S. The molecule has 1 aromatic heterocycles. The van der Waals surface area contributed by atoms with Gasteiger partial charge in [0.05, 0.1) is 12.8 Å². The lowest BCUT2D eigenvalue weighted by atomic mass is 10.2. The van der Waals surface area contributed by atoms with Gasteiger partial charge < -0.3 is 14.5 Å². The van der Waals surface area contributed by atoms with Crippen LogP contribution >= 0.6 is 11.3 Å². The maximum atomic E-state index is 13.1. The summed E-state index contributed by atoms with van der Waals surface area (Å²) in [5, 5.41) is 0.901. The lowest BCUT2D eigenvalue weighted by Gasteiger charge is -2.36. The average molecular weight is 394 g/mol. The number of anilines is 1. The van der Waals surface area contributed by atoms with Crippen LogP contribution in [0.5, 0.6) is 5.75 Å². The maximum absolute atomic E-state index is 13.1. The van der Waals surface area contributed by atoms with E-state index in [4.69, 9.17) is 4.74 Å². The minimum Gasteiger partial charge on any atom is -0.497 e. The number of ether oxygens (including phenoxy) is 1. The van der Waals surface area contributed by atoms with Crippen LogP contribution < -0.4 is 9.64 Å². The van der Waals surface area contributed by atoms with Crippen LogP contribution in [0.4, 0.5) is 5.69 Å². The Labute approximate surface area is 169 Å². The maximum Gasteiger partial charge on any atom is 0.265 e. The fourth-order valence-corrected chi connectivity index (χ4v) is 4.44. The van der Waals surface area contributed by atoms with Crippen molar-refractivity contribution in [3.63, 3.8) is 0 Å². The van der Waals surface area contributed by atoms with Gasteiger partial charge >= 0.3 is 0 Å². The number of carbonyl (C=O) groups is 1. The van der Waals surface area contributed by atoms with Crippen molar-refractivity contribution in [3.8, 4) is 16.3 Å². The Kier molecular flexibility index (Phi) is 5.30. The predicted octanol–water partition coefficient (Wildman–Crippen LogP) is 4.09. The van der Waals surface area contributed by atoms with Crippen LogP contribution in [-0.2, 0) is 0 Å². The molecule has 1 aliphatic heterocycles. The molecule has 0 aliphatic carbocycles. The third kappa shape index (κ3) is 3.73. The zero-order valence-electron chi connectivity index (χ0n) is 16.1. The molecule has 144 valence electrons. The number of benzene rings is 2. The molecule has 5 nitrogen and oxygen atoms in total. The van der Waals surface area contributed by atoms with Gasteiger partial charge in [0.1, 0.15) is 15.6 Å². The molecule has 0 saturated carbocycles. The van der Waals surface area contributed by atoms with Gasteiger partial charge in [-0.25, -0.2) is 4.98 Å². The average Bonchev–Trinajstić information content (AvgIpc) is 3.16. The molecule has 0 bridgehead atoms. The van der Waals surface area contributed by atoms with E-state index in [1.165, 1.54) is 11.3 Å². The molecule has 0 unspecified atom stereocenters. The predicted molar refractivity (Wildman–Crippen MR) is 113 cm³/mol. The summed E-state index contributed by atoms with van der Waals surface area (Å²) in [6.45, 7) is 4.98. The van der Waals surface area contributed by atoms with Gasteiger partial charge in [-0.1, -0.05) is 30.3 Å². The molecule has 6 heteroatoms. The van der Waals surface area contributed by atoms with E-state index in [0.29, 0.717) is 13.1 Å². The highest BCUT2D eigenvalue weighted by Gasteiger charge is 2.25. The summed E-state index contributed by atoms with van der Waals surface area (Å²) in [7, 11) is 1.67. The molecule has 2 aromatic carbocycles. The van der Waals surface area contributed by atoms with Crippen molar-refractivity contribution < 1.29 is 9.53 Å². The Bertz CT molecular complexity index is 946. The molecule has 0 radical (unpaired) electrons. The molecule has 28 heavy (non-hydrogen) atoms. The van der Waals surface area contributed by atoms with Crippen LogP contribution in [0.3, 0.4) is 0 Å². The topological polar surface area (TPSA) is 45.7 Å². The summed E-state index contributed by atoms with van der Waals surface area (Å²) < 4.78 is 5.22. The molecule has 1 amide bonds. The van der Waals surface area contributed by atoms with Gasteiger partial charge in [-0.3, -0.25) is 4.79 Å². The van der Waals surface area contributed by atoms with Crippen molar-refractivity contribution in [2.75, 3.05) is 38.2 Å². The number of amides is 1. The van der Waals surface area contributed by atoms with Crippen LogP contribution in [0.1, 0.15) is 15.4 Å². The van der Waals surface area contributed by atoms with Gasteiger partial charge in [-0.2, -0.15) is 0 Å². The number of hydrogen-bond acceptors (Lipinski definition) is 5. The Morgan fingerprint density at radius 1 is 1.00 bits per heavy atom. The Morgan fingerprint density at radius 3 is 2.32 bits per heavy atom. The summed E-state index contributed by atoms with van der Waals surface area (Å²) in [6.07, 6.45) is 0. The number of piperazine rings is 1. The quantitative estimate of drug-likeness (QED) is 0.670. The number of methoxy groups -OCH3 is 1. The summed E-state index contributed by atoms with van der Waals surface area (Å²) in [6, 6.07) is 18.1. The molecule has 1 fully saturated rings. The summed E-state index contributed by atoms with van der Waals surface area (Å²) >= 11 is 1.49.